The van der Waals surface area contributed by atoms with Crippen molar-refractivity contribution in [3.63, 3.8) is 0 Å². The van der Waals surface area contributed by atoms with Gasteiger partial charge in [0.1, 0.15) is 0 Å². The molecule has 0 aliphatic rings. The summed E-state index contributed by atoms with van der Waals surface area (Å²) in [7, 11) is -3.59. The minimum absolute atomic E-state index is 0.0218. The normalized spacial score (nSPS) is 13.1. The Kier molecular flexibility index (Phi) is 3.99. The fraction of sp³-hybridized carbons (Fsp3) is 0.222. The number of halogens is 1. The standard InChI is InChI=1S/C9H8BrNO5S/c1-17(15,16)9(10)8(12)6-3-2-4-7(5-6)11(13)14/h2-5,9H,1H3. The van der Waals surface area contributed by atoms with E-state index in [0.717, 1.165) is 12.3 Å². The highest BCUT2D eigenvalue weighted by Gasteiger charge is 2.27. The van der Waals surface area contributed by atoms with Crippen LogP contribution in [0.3, 0.4) is 0 Å². The molecule has 0 fully saturated rings. The summed E-state index contributed by atoms with van der Waals surface area (Å²) in [6.45, 7) is 0. The van der Waals surface area contributed by atoms with Crippen LogP contribution in [0.2, 0.25) is 0 Å². The van der Waals surface area contributed by atoms with E-state index in [9.17, 15) is 23.3 Å². The van der Waals surface area contributed by atoms with Gasteiger partial charge in [0.15, 0.2) is 19.8 Å². The van der Waals surface area contributed by atoms with Gasteiger partial charge in [-0.25, -0.2) is 8.42 Å². The van der Waals surface area contributed by atoms with Crippen molar-refractivity contribution >= 4 is 37.2 Å². The summed E-state index contributed by atoms with van der Waals surface area (Å²) in [4.78, 5) is 21.6. The van der Waals surface area contributed by atoms with Gasteiger partial charge in [0.25, 0.3) is 5.69 Å². The van der Waals surface area contributed by atoms with Gasteiger partial charge in [0, 0.05) is 24.0 Å². The molecule has 0 heterocycles. The fourth-order valence-electron chi connectivity index (χ4n) is 1.10. The molecule has 1 aromatic rings. The molecular formula is C9H8BrNO5S. The van der Waals surface area contributed by atoms with Crippen molar-refractivity contribution in [2.75, 3.05) is 6.26 Å². The van der Waals surface area contributed by atoms with Crippen LogP contribution >= 0.6 is 15.9 Å². The molecule has 0 N–H and O–H groups in total. The zero-order valence-electron chi connectivity index (χ0n) is 8.66. The lowest BCUT2D eigenvalue weighted by Gasteiger charge is -2.06. The second-order valence-corrected chi connectivity index (χ2v) is 6.97. The Bertz CT molecular complexity index is 569. The number of hydrogen-bond donors (Lipinski definition) is 0. The number of nitro groups is 1. The van der Waals surface area contributed by atoms with Gasteiger partial charge in [0.05, 0.1) is 4.92 Å². The van der Waals surface area contributed by atoms with Crippen LogP contribution < -0.4 is 0 Å². The topological polar surface area (TPSA) is 94.3 Å². The van der Waals surface area contributed by atoms with Crippen molar-refractivity contribution in [1.29, 1.82) is 0 Å². The van der Waals surface area contributed by atoms with Crippen LogP contribution in [-0.4, -0.2) is 29.5 Å². The molecule has 6 nitrogen and oxygen atoms in total. The second-order valence-electron chi connectivity index (χ2n) is 3.32. The monoisotopic (exact) mass is 321 g/mol. The van der Waals surface area contributed by atoms with E-state index >= 15 is 0 Å². The molecule has 1 rings (SSSR count). The van der Waals surface area contributed by atoms with Crippen LogP contribution in [0.1, 0.15) is 10.4 Å². The molecule has 92 valence electrons. The first-order valence-corrected chi connectivity index (χ1v) is 7.22. The molecule has 17 heavy (non-hydrogen) atoms. The van der Waals surface area contributed by atoms with Gasteiger partial charge in [-0.1, -0.05) is 28.1 Å². The molecular weight excluding hydrogens is 314 g/mol. The van der Waals surface area contributed by atoms with Crippen molar-refractivity contribution in [2.24, 2.45) is 0 Å². The quantitative estimate of drug-likeness (QED) is 0.363. The van der Waals surface area contributed by atoms with Gasteiger partial charge in [-0.2, -0.15) is 0 Å². The lowest BCUT2D eigenvalue weighted by Crippen LogP contribution is -2.23. The third-order valence-corrected chi connectivity index (χ3v) is 5.34. The van der Waals surface area contributed by atoms with Crippen LogP contribution in [0.5, 0.6) is 0 Å². The van der Waals surface area contributed by atoms with E-state index < -0.39 is 24.7 Å². The van der Waals surface area contributed by atoms with Crippen molar-refractivity contribution in [2.45, 2.75) is 4.16 Å². The Morgan fingerprint density at radius 3 is 2.53 bits per heavy atom. The molecule has 1 unspecified atom stereocenters. The highest BCUT2D eigenvalue weighted by molar-refractivity contribution is 9.11. The Hall–Kier alpha value is -1.28. The second kappa shape index (κ2) is 4.92. The molecule has 1 aromatic carbocycles. The number of nitro benzene ring substituents is 1. The number of alkyl halides is 1. The molecule has 0 aromatic heterocycles. The Balaban J connectivity index is 3.14. The Morgan fingerprint density at radius 2 is 2.06 bits per heavy atom. The fourth-order valence-corrected chi connectivity index (χ4v) is 1.89. The molecule has 0 aliphatic heterocycles. The highest BCUT2D eigenvalue weighted by atomic mass is 79.9. The van der Waals surface area contributed by atoms with Crippen molar-refractivity contribution in [3.05, 3.63) is 39.9 Å². The largest absolute Gasteiger partial charge is 0.292 e. The molecule has 8 heteroatoms. The average Bonchev–Trinajstić information content (AvgIpc) is 2.26. The molecule has 0 amide bonds. The smallest absolute Gasteiger partial charge is 0.270 e. The average molecular weight is 322 g/mol. The number of nitrogens with zero attached hydrogens (tertiary/aromatic N) is 1. The summed E-state index contributed by atoms with van der Waals surface area (Å²) in [6, 6.07) is 4.92. The lowest BCUT2D eigenvalue weighted by molar-refractivity contribution is -0.384. The molecule has 0 radical (unpaired) electrons. The molecule has 0 bridgehead atoms. The number of sulfone groups is 1. The van der Waals surface area contributed by atoms with E-state index in [1.54, 1.807) is 0 Å². The number of Topliss-reactive ketones (excluding diaryl/α,β-unsaturated/α-hetero) is 1. The van der Waals surface area contributed by atoms with Crippen molar-refractivity contribution < 1.29 is 18.1 Å². The van der Waals surface area contributed by atoms with E-state index in [1.165, 1.54) is 18.2 Å². The van der Waals surface area contributed by atoms with Gasteiger partial charge < -0.3 is 0 Å². The van der Waals surface area contributed by atoms with Crippen LogP contribution in [0.15, 0.2) is 24.3 Å². The van der Waals surface area contributed by atoms with Gasteiger partial charge >= 0.3 is 0 Å². The minimum atomic E-state index is -3.59. The van der Waals surface area contributed by atoms with Crippen LogP contribution in [0.25, 0.3) is 0 Å². The lowest BCUT2D eigenvalue weighted by atomic mass is 10.1. The summed E-state index contributed by atoms with van der Waals surface area (Å²) in [6.07, 6.45) is 0.904. The molecule has 1 atom stereocenters. The first-order valence-electron chi connectivity index (χ1n) is 4.35. The number of non-ortho nitro benzene ring substituents is 1. The number of hydrogen-bond acceptors (Lipinski definition) is 5. The molecule has 0 saturated carbocycles. The number of carbonyl (C=O) groups excluding carboxylic acids is 1. The maximum atomic E-state index is 11.7. The first-order chi connectivity index (χ1) is 7.73. The van der Waals surface area contributed by atoms with Gasteiger partial charge in [-0.15, -0.1) is 0 Å². The van der Waals surface area contributed by atoms with E-state index in [-0.39, 0.29) is 11.3 Å². The number of benzene rings is 1. The summed E-state index contributed by atoms with van der Waals surface area (Å²) < 4.78 is 20.9. The summed E-state index contributed by atoms with van der Waals surface area (Å²) in [5, 5.41) is 10.5. The van der Waals surface area contributed by atoms with E-state index in [2.05, 4.69) is 15.9 Å². The number of ketones is 1. The number of carbonyl (C=O) groups is 1. The molecule has 0 spiro atoms. The maximum Gasteiger partial charge on any atom is 0.270 e. The van der Waals surface area contributed by atoms with Crippen molar-refractivity contribution in [1.82, 2.24) is 0 Å². The summed E-state index contributed by atoms with van der Waals surface area (Å²) in [5.41, 5.74) is -0.282. The Labute approximate surface area is 106 Å². The van der Waals surface area contributed by atoms with E-state index in [0.29, 0.717) is 0 Å². The van der Waals surface area contributed by atoms with E-state index in [4.69, 9.17) is 0 Å². The Morgan fingerprint density at radius 1 is 1.47 bits per heavy atom. The summed E-state index contributed by atoms with van der Waals surface area (Å²) in [5.74, 6) is -0.726. The summed E-state index contributed by atoms with van der Waals surface area (Å²) >= 11 is 2.75. The third-order valence-electron chi connectivity index (χ3n) is 1.92. The number of rotatable bonds is 4. The first kappa shape index (κ1) is 13.8. The third kappa shape index (κ3) is 3.34. The van der Waals surface area contributed by atoms with Crippen LogP contribution in [0, 0.1) is 10.1 Å². The van der Waals surface area contributed by atoms with Crippen LogP contribution in [0.4, 0.5) is 5.69 Å². The molecule has 0 aliphatic carbocycles. The van der Waals surface area contributed by atoms with Crippen molar-refractivity contribution in [3.8, 4) is 0 Å². The van der Waals surface area contributed by atoms with Crippen LogP contribution in [-0.2, 0) is 9.84 Å². The predicted molar refractivity (Wildman–Crippen MR) is 65.0 cm³/mol. The molecule has 0 saturated heterocycles. The maximum absolute atomic E-state index is 11.7. The minimum Gasteiger partial charge on any atom is -0.292 e. The zero-order valence-corrected chi connectivity index (χ0v) is 11.1. The highest BCUT2D eigenvalue weighted by Crippen LogP contribution is 2.19. The SMILES string of the molecule is CS(=O)(=O)C(Br)C(=O)c1cccc([N+](=O)[O-])c1. The predicted octanol–water partition coefficient (Wildman–Crippen LogP) is 1.54. The van der Waals surface area contributed by atoms with Gasteiger partial charge in [-0.3, -0.25) is 14.9 Å². The zero-order chi connectivity index (χ0) is 13.2. The van der Waals surface area contributed by atoms with E-state index in [1.807, 2.05) is 0 Å². The van der Waals surface area contributed by atoms with Gasteiger partial charge in [-0.05, 0) is 0 Å². The van der Waals surface area contributed by atoms with Gasteiger partial charge in [0.2, 0.25) is 0 Å².